The second-order valence-electron chi connectivity index (χ2n) is 32.9. The maximum Gasteiger partial charge on any atom is 0.331 e. The van der Waals surface area contributed by atoms with Crippen molar-refractivity contribution in [1.82, 2.24) is 53.6 Å². The van der Waals surface area contributed by atoms with Crippen LogP contribution in [0.1, 0.15) is 165 Å². The highest BCUT2D eigenvalue weighted by atomic mass is 16.6. The third kappa shape index (κ3) is 17.2. The summed E-state index contributed by atoms with van der Waals surface area (Å²) < 4.78 is 22.4. The van der Waals surface area contributed by atoms with Crippen LogP contribution in [0.2, 0.25) is 0 Å². The molecular weight excluding hydrogens is 1500 g/mol. The number of hydrogen-bond acceptors (Lipinski definition) is 20. The molecule has 15 rings (SSSR count). The number of nitrogens with zero attached hydrogens (tertiary/aromatic N) is 17. The topological polar surface area (TPSA) is 371 Å². The van der Waals surface area contributed by atoms with Gasteiger partial charge in [-0.25, -0.2) is 43.9 Å². The number of esters is 3. The van der Waals surface area contributed by atoms with Crippen LogP contribution in [0.5, 0.6) is 0 Å². The molecule has 3 aliphatic carbocycles. The second-order valence-corrected chi connectivity index (χ2v) is 32.9. The molecule has 6 aromatic heterocycles. The number of nitro groups is 3. The van der Waals surface area contributed by atoms with Crippen LogP contribution in [-0.2, 0) is 23.8 Å². The summed E-state index contributed by atoms with van der Waals surface area (Å²) in [5.74, 6) is 2.25. The molecule has 6 unspecified atom stereocenters. The molecule has 3 aliphatic heterocycles. The lowest BCUT2D eigenvalue weighted by Gasteiger charge is -2.37. The Labute approximate surface area is 675 Å². The predicted molar refractivity (Wildman–Crippen MR) is 436 cm³/mol. The third-order valence-corrected chi connectivity index (χ3v) is 24.1. The van der Waals surface area contributed by atoms with Gasteiger partial charge in [-0.2, -0.15) is 0 Å². The highest BCUT2D eigenvalue weighted by Gasteiger charge is 2.41. The fraction of sp³-hybridized carbons (Fsp3) is 0.506. The lowest BCUT2D eigenvalue weighted by Crippen LogP contribution is -2.48. The van der Waals surface area contributed by atoms with Crippen molar-refractivity contribution >= 4 is 97.9 Å². The Bertz CT molecular complexity index is 5190. The first kappa shape index (κ1) is 82.3. The van der Waals surface area contributed by atoms with Gasteiger partial charge in [0.2, 0.25) is 28.9 Å². The van der Waals surface area contributed by atoms with Gasteiger partial charge < -0.3 is 38.7 Å². The standard InChI is InChI=1S/2C28H33N7O5.C27H32N6O4/c2*1-16-12-17(2)25(18(3)13-16)40-28(37)24-21(29-5)15-34-27(24)30-26(31-34)20-6-7-22(23(14-20)35(38)39)33-10-8-32(9-11-33)19(4)36;1-16-12-17(2)24(18(3)13-16)37-27(34)23-20(28-4)15-32-26(23)29-25(30-32)19-8-9-21(22(14-19)33(35)36)31-10-6-5-7-11-31/h2*6-7,14-18,25H,8-13H2,1-4H3,(H,30,31);8-9,14-18,24H,5-7,10-13H2,1-3H3,(H,29,30). The van der Waals surface area contributed by atoms with Gasteiger partial charge in [0.05, 0.1) is 34.5 Å². The van der Waals surface area contributed by atoms with Gasteiger partial charge in [0, 0.05) is 133 Å². The smallest absolute Gasteiger partial charge is 0.331 e. The zero-order valence-corrected chi connectivity index (χ0v) is 67.6. The zero-order chi connectivity index (χ0) is 83.7. The van der Waals surface area contributed by atoms with Crippen LogP contribution in [0.25, 0.3) is 65.6 Å². The van der Waals surface area contributed by atoms with Crippen molar-refractivity contribution in [3.05, 3.63) is 154 Å². The monoisotopic (exact) mass is 1600 g/mol. The molecule has 34 nitrogen and oxygen atoms in total. The fourth-order valence-electron chi connectivity index (χ4n) is 18.7. The lowest BCUT2D eigenvalue weighted by atomic mass is 9.75. The van der Waals surface area contributed by atoms with E-state index in [-0.39, 0.29) is 138 Å². The highest BCUT2D eigenvalue weighted by molar-refractivity contribution is 6.05. The van der Waals surface area contributed by atoms with Gasteiger partial charge >= 0.3 is 17.9 Å². The van der Waals surface area contributed by atoms with Crippen LogP contribution in [0, 0.1) is 103 Å². The summed E-state index contributed by atoms with van der Waals surface area (Å²) in [4.78, 5) is 132. The molecule has 3 aromatic carbocycles. The number of anilines is 3. The number of nitro benzene ring substituents is 3. The summed E-state index contributed by atoms with van der Waals surface area (Å²) in [5.41, 5.74) is 4.35. The number of H-pyrrole nitrogens is 3. The van der Waals surface area contributed by atoms with Gasteiger partial charge in [-0.1, -0.05) is 62.3 Å². The number of benzene rings is 3. The summed E-state index contributed by atoms with van der Waals surface area (Å²) in [7, 11) is 0. The van der Waals surface area contributed by atoms with E-state index in [1.165, 1.54) is 64.2 Å². The van der Waals surface area contributed by atoms with Crippen molar-refractivity contribution < 1.29 is 53.0 Å². The van der Waals surface area contributed by atoms with E-state index in [4.69, 9.17) is 33.9 Å². The fourth-order valence-corrected chi connectivity index (χ4v) is 18.7. The number of carbonyl (C=O) groups is 5. The number of ether oxygens (including phenoxy) is 3. The molecule has 117 heavy (non-hydrogen) atoms. The molecule has 0 spiro atoms. The van der Waals surface area contributed by atoms with Crippen molar-refractivity contribution in [3.8, 4) is 34.2 Å². The number of piperidine rings is 1. The molecule has 3 N–H and O–H groups in total. The molecule has 6 fully saturated rings. The van der Waals surface area contributed by atoms with E-state index in [9.17, 15) is 54.3 Å². The van der Waals surface area contributed by atoms with Gasteiger partial charge in [0.25, 0.3) is 17.1 Å². The molecule has 614 valence electrons. The number of rotatable bonds is 15. The van der Waals surface area contributed by atoms with E-state index in [0.717, 1.165) is 70.9 Å². The first-order valence-electron chi connectivity index (χ1n) is 40.1. The van der Waals surface area contributed by atoms with Crippen LogP contribution in [0.3, 0.4) is 0 Å². The molecule has 3 saturated carbocycles. The summed E-state index contributed by atoms with van der Waals surface area (Å²) in [6, 6.07) is 14.8. The summed E-state index contributed by atoms with van der Waals surface area (Å²) in [5, 5.41) is 45.1. The van der Waals surface area contributed by atoms with Crippen molar-refractivity contribution in [2.75, 3.05) is 80.1 Å². The molecule has 9 aromatic rings. The van der Waals surface area contributed by atoms with E-state index in [2.05, 4.69) is 112 Å². The summed E-state index contributed by atoms with van der Waals surface area (Å²) >= 11 is 0. The number of fused-ring (bicyclic) bond motifs is 3. The van der Waals surface area contributed by atoms with Crippen molar-refractivity contribution in [1.29, 1.82) is 0 Å². The maximum atomic E-state index is 13.4. The quantitative estimate of drug-likeness (QED) is 0.0282. The molecule has 34 heteroatoms. The van der Waals surface area contributed by atoms with E-state index >= 15 is 0 Å². The number of amides is 2. The van der Waals surface area contributed by atoms with Gasteiger partial charge in [0.1, 0.15) is 52.1 Å². The van der Waals surface area contributed by atoms with E-state index in [1.807, 2.05) is 9.80 Å². The van der Waals surface area contributed by atoms with Crippen LogP contribution in [0.15, 0.2) is 73.2 Å². The van der Waals surface area contributed by atoms with Crippen molar-refractivity contribution in [2.45, 2.75) is 152 Å². The predicted octanol–water partition coefficient (Wildman–Crippen LogP) is 15.4. The first-order valence-corrected chi connectivity index (χ1v) is 40.1. The van der Waals surface area contributed by atoms with Crippen molar-refractivity contribution in [3.63, 3.8) is 0 Å². The van der Waals surface area contributed by atoms with Crippen LogP contribution < -0.4 is 14.7 Å². The first-order chi connectivity index (χ1) is 55.9. The minimum Gasteiger partial charge on any atom is -0.459 e. The zero-order valence-electron chi connectivity index (χ0n) is 67.6. The number of carbonyl (C=O) groups excluding carboxylic acids is 5. The molecule has 0 radical (unpaired) electrons. The van der Waals surface area contributed by atoms with Crippen molar-refractivity contribution in [2.24, 2.45) is 53.3 Å². The minimum atomic E-state index is -0.587. The Morgan fingerprint density at radius 1 is 0.402 bits per heavy atom. The highest BCUT2D eigenvalue weighted by Crippen LogP contribution is 2.44. The van der Waals surface area contributed by atoms with E-state index in [1.54, 1.807) is 46.2 Å². The van der Waals surface area contributed by atoms with Crippen LogP contribution in [0.4, 0.5) is 51.2 Å². The average molecular weight is 1600 g/mol. The Balaban J connectivity index is 0.000000153. The molecular formula is C83H98N20O14. The number of nitrogens with one attached hydrogen (secondary N) is 3. The Hall–Kier alpha value is -12.7. The maximum absolute atomic E-state index is 13.4. The van der Waals surface area contributed by atoms with Gasteiger partial charge in [-0.05, 0) is 147 Å². The second kappa shape index (κ2) is 34.4. The third-order valence-electron chi connectivity index (χ3n) is 24.1. The Morgan fingerprint density at radius 2 is 0.658 bits per heavy atom. The summed E-state index contributed by atoms with van der Waals surface area (Å²) in [6.07, 6.45) is 12.8. The minimum absolute atomic E-state index is 0.0132. The van der Waals surface area contributed by atoms with E-state index in [0.29, 0.717) is 121 Å². The summed E-state index contributed by atoms with van der Waals surface area (Å²) in [6.45, 7) is 50.5. The van der Waals surface area contributed by atoms with Crippen LogP contribution in [-0.4, -0.2) is 182 Å². The van der Waals surface area contributed by atoms with Crippen LogP contribution >= 0.6 is 0 Å². The average Bonchev–Trinajstić information content (AvgIpc) is 1.61. The van der Waals surface area contributed by atoms with Gasteiger partial charge in [-0.3, -0.25) is 68.8 Å². The number of aromatic nitrogens is 9. The van der Waals surface area contributed by atoms with Gasteiger partial charge in [-0.15, -0.1) is 0 Å². The van der Waals surface area contributed by atoms with Gasteiger partial charge in [0.15, 0.2) is 34.4 Å². The molecule has 0 bridgehead atoms. The molecule has 6 atom stereocenters. The SMILES string of the molecule is [C-]#[N+]c1cn2[nH]c(-c3ccc(N4CCCCC4)c([N+](=O)[O-])c3)nc2c1C(=O)OC1C(C)CC(C)CC1C.[C-]#[N+]c1cn2[nH]c(-c3ccc(N4CCN(C(C)=O)CC4)c([N+](=O)[O-])c3)nc2c1C(=O)OC1C(C)CC(C)CC1C.[C-]#[N+]c1cn2[nH]c(-c3ccc(N4CCN(C(C)=O)CC4)c([N+](=O)[O-])c3)nc2c1C(=O)OC1C(C)CC(C)CC1C. The molecule has 6 aliphatic rings. The largest absolute Gasteiger partial charge is 0.459 e. The molecule has 2 amide bonds. The Morgan fingerprint density at radius 3 is 0.897 bits per heavy atom. The van der Waals surface area contributed by atoms with E-state index < -0.39 is 27.8 Å². The molecule has 3 saturated heterocycles. The number of aromatic amines is 3. The number of piperazine rings is 2. The Kier molecular flexibility index (Phi) is 24.2. The normalized spacial score (nSPS) is 23.5. The molecule has 9 heterocycles. The number of hydrogen-bond donors (Lipinski definition) is 3. The lowest BCUT2D eigenvalue weighted by molar-refractivity contribution is -0.384.